The third-order valence-corrected chi connectivity index (χ3v) is 4.08. The van der Waals surface area contributed by atoms with Gasteiger partial charge in [-0.15, -0.1) is 0 Å². The lowest BCUT2D eigenvalue weighted by molar-refractivity contribution is 0.950. The van der Waals surface area contributed by atoms with Gasteiger partial charge in [0.05, 0.1) is 10.7 Å². The standard InChI is InChI=1S/C14H15N5S/c1-2-9-8-20-13(17-9)11(7-15)12-5-6-16-14(19-12)18-10-3-4-10/h5-6,8,10,17H,2-4H2,1H3,(H,16,18,19)/b13-11-. The molecule has 1 aliphatic heterocycles. The summed E-state index contributed by atoms with van der Waals surface area (Å²) in [4.78, 5) is 8.64. The van der Waals surface area contributed by atoms with Gasteiger partial charge in [-0.2, -0.15) is 5.26 Å². The Morgan fingerprint density at radius 2 is 2.45 bits per heavy atom. The molecular formula is C14H15N5S. The van der Waals surface area contributed by atoms with E-state index in [-0.39, 0.29) is 0 Å². The van der Waals surface area contributed by atoms with Gasteiger partial charge in [0, 0.05) is 17.9 Å². The highest BCUT2D eigenvalue weighted by molar-refractivity contribution is 8.06. The molecule has 3 rings (SSSR count). The van der Waals surface area contributed by atoms with E-state index in [0.29, 0.717) is 23.3 Å². The zero-order valence-corrected chi connectivity index (χ0v) is 12.0. The highest BCUT2D eigenvalue weighted by Gasteiger charge is 2.22. The number of anilines is 1. The average molecular weight is 285 g/mol. The van der Waals surface area contributed by atoms with E-state index >= 15 is 0 Å². The van der Waals surface area contributed by atoms with Crippen molar-refractivity contribution in [2.75, 3.05) is 5.32 Å². The van der Waals surface area contributed by atoms with Gasteiger partial charge in [0.2, 0.25) is 5.95 Å². The quantitative estimate of drug-likeness (QED) is 0.829. The van der Waals surface area contributed by atoms with E-state index in [2.05, 4.69) is 33.6 Å². The Balaban J connectivity index is 1.86. The van der Waals surface area contributed by atoms with Crippen LogP contribution < -0.4 is 10.6 Å². The molecule has 1 saturated carbocycles. The van der Waals surface area contributed by atoms with Crippen molar-refractivity contribution in [3.05, 3.63) is 34.1 Å². The van der Waals surface area contributed by atoms with Crippen molar-refractivity contribution in [1.82, 2.24) is 15.3 Å². The van der Waals surface area contributed by atoms with E-state index in [0.717, 1.165) is 17.1 Å². The number of allylic oxidation sites excluding steroid dienone is 2. The summed E-state index contributed by atoms with van der Waals surface area (Å²) in [6.07, 6.45) is 4.95. The molecule has 1 aromatic rings. The van der Waals surface area contributed by atoms with Crippen LogP contribution in [0, 0.1) is 11.3 Å². The Labute approximate surface area is 122 Å². The number of nitrogens with zero attached hydrogens (tertiary/aromatic N) is 3. The zero-order valence-electron chi connectivity index (χ0n) is 11.2. The summed E-state index contributed by atoms with van der Waals surface area (Å²) in [6.45, 7) is 2.08. The number of hydrogen-bond donors (Lipinski definition) is 2. The van der Waals surface area contributed by atoms with Crippen molar-refractivity contribution >= 4 is 23.3 Å². The molecule has 0 radical (unpaired) electrons. The summed E-state index contributed by atoms with van der Waals surface area (Å²) < 4.78 is 0. The molecule has 6 heteroatoms. The number of hydrogen-bond acceptors (Lipinski definition) is 6. The van der Waals surface area contributed by atoms with Crippen molar-refractivity contribution in [2.24, 2.45) is 0 Å². The van der Waals surface area contributed by atoms with Crippen molar-refractivity contribution in [2.45, 2.75) is 32.2 Å². The molecule has 0 atom stereocenters. The Hall–Kier alpha value is -2.00. The van der Waals surface area contributed by atoms with Crippen LogP contribution in [0.25, 0.3) is 5.57 Å². The second kappa shape index (κ2) is 5.55. The number of aromatic nitrogens is 2. The van der Waals surface area contributed by atoms with Crippen molar-refractivity contribution in [1.29, 1.82) is 5.26 Å². The minimum Gasteiger partial charge on any atom is -0.352 e. The van der Waals surface area contributed by atoms with Gasteiger partial charge in [0.1, 0.15) is 11.6 Å². The number of nitriles is 1. The van der Waals surface area contributed by atoms with E-state index in [1.165, 1.54) is 24.6 Å². The van der Waals surface area contributed by atoms with Crippen molar-refractivity contribution in [3.63, 3.8) is 0 Å². The predicted octanol–water partition coefficient (Wildman–Crippen LogP) is 2.83. The first-order valence-electron chi connectivity index (χ1n) is 6.67. The molecule has 0 unspecified atom stereocenters. The van der Waals surface area contributed by atoms with Crippen LogP contribution in [0.3, 0.4) is 0 Å². The zero-order chi connectivity index (χ0) is 13.9. The van der Waals surface area contributed by atoms with Gasteiger partial charge < -0.3 is 10.6 Å². The molecule has 0 spiro atoms. The molecule has 5 nitrogen and oxygen atoms in total. The summed E-state index contributed by atoms with van der Waals surface area (Å²) in [5, 5.41) is 18.8. The monoisotopic (exact) mass is 285 g/mol. The summed E-state index contributed by atoms with van der Waals surface area (Å²) >= 11 is 1.54. The third-order valence-electron chi connectivity index (χ3n) is 3.14. The summed E-state index contributed by atoms with van der Waals surface area (Å²) in [6, 6.07) is 4.52. The maximum atomic E-state index is 9.42. The molecule has 20 heavy (non-hydrogen) atoms. The molecule has 1 fully saturated rings. The molecule has 0 bridgehead atoms. The van der Waals surface area contributed by atoms with E-state index in [1.54, 1.807) is 12.3 Å². The lowest BCUT2D eigenvalue weighted by Gasteiger charge is -2.07. The Kier molecular flexibility index (Phi) is 3.61. The van der Waals surface area contributed by atoms with Crippen LogP contribution in [-0.4, -0.2) is 16.0 Å². The number of thioether (sulfide) groups is 1. The lowest BCUT2D eigenvalue weighted by atomic mass is 10.2. The number of rotatable bonds is 4. The molecule has 2 heterocycles. The molecule has 2 aliphatic rings. The van der Waals surface area contributed by atoms with E-state index < -0.39 is 0 Å². The molecule has 1 aromatic heterocycles. The van der Waals surface area contributed by atoms with Gasteiger partial charge in [-0.05, 0) is 30.7 Å². The fourth-order valence-electron chi connectivity index (χ4n) is 1.83. The normalized spacial score (nSPS) is 19.9. The third kappa shape index (κ3) is 2.78. The summed E-state index contributed by atoms with van der Waals surface area (Å²) in [5.74, 6) is 0.602. The van der Waals surface area contributed by atoms with Gasteiger partial charge in [0.25, 0.3) is 0 Å². The van der Waals surface area contributed by atoms with Gasteiger partial charge in [0.15, 0.2) is 0 Å². The fourth-order valence-corrected chi connectivity index (χ4v) is 2.77. The van der Waals surface area contributed by atoms with E-state index in [4.69, 9.17) is 0 Å². The minimum atomic E-state index is 0.496. The highest BCUT2D eigenvalue weighted by atomic mass is 32.2. The van der Waals surface area contributed by atoms with Crippen LogP contribution in [0.2, 0.25) is 0 Å². The molecule has 0 aromatic carbocycles. The molecule has 0 amide bonds. The molecular weight excluding hydrogens is 270 g/mol. The van der Waals surface area contributed by atoms with Gasteiger partial charge >= 0.3 is 0 Å². The van der Waals surface area contributed by atoms with Crippen molar-refractivity contribution in [3.8, 4) is 6.07 Å². The summed E-state index contributed by atoms with van der Waals surface area (Å²) in [5.41, 5.74) is 2.35. The van der Waals surface area contributed by atoms with Crippen LogP contribution in [0.4, 0.5) is 5.95 Å². The smallest absolute Gasteiger partial charge is 0.223 e. The van der Waals surface area contributed by atoms with E-state index in [1.807, 2.05) is 5.41 Å². The van der Waals surface area contributed by atoms with Gasteiger partial charge in [-0.25, -0.2) is 9.97 Å². The second-order valence-corrected chi connectivity index (χ2v) is 5.62. The molecule has 1 aliphatic carbocycles. The Morgan fingerprint density at radius 3 is 3.10 bits per heavy atom. The van der Waals surface area contributed by atoms with E-state index in [9.17, 15) is 5.26 Å². The molecule has 0 saturated heterocycles. The maximum Gasteiger partial charge on any atom is 0.223 e. The average Bonchev–Trinajstić information content (AvgIpc) is 3.15. The van der Waals surface area contributed by atoms with Gasteiger partial charge in [-0.3, -0.25) is 0 Å². The van der Waals surface area contributed by atoms with Crippen LogP contribution >= 0.6 is 11.8 Å². The van der Waals surface area contributed by atoms with Crippen LogP contribution in [0.1, 0.15) is 31.9 Å². The molecule has 102 valence electrons. The summed E-state index contributed by atoms with van der Waals surface area (Å²) in [7, 11) is 0. The van der Waals surface area contributed by atoms with Crippen LogP contribution in [0.5, 0.6) is 0 Å². The first-order chi connectivity index (χ1) is 9.80. The first kappa shape index (κ1) is 13.0. The van der Waals surface area contributed by atoms with Crippen LogP contribution in [-0.2, 0) is 0 Å². The topological polar surface area (TPSA) is 73.6 Å². The Morgan fingerprint density at radius 1 is 1.60 bits per heavy atom. The number of nitrogens with one attached hydrogen (secondary N) is 2. The maximum absolute atomic E-state index is 9.42. The SMILES string of the molecule is CCC1=CS/C(=C(/C#N)c2ccnc(NC3CC3)n2)N1. The first-order valence-corrected chi connectivity index (χ1v) is 7.55. The molecule has 2 N–H and O–H groups in total. The second-order valence-electron chi connectivity index (χ2n) is 4.74. The van der Waals surface area contributed by atoms with Gasteiger partial charge in [-0.1, -0.05) is 18.7 Å². The minimum absolute atomic E-state index is 0.496. The van der Waals surface area contributed by atoms with Crippen molar-refractivity contribution < 1.29 is 0 Å². The lowest BCUT2D eigenvalue weighted by Crippen LogP contribution is -2.09. The highest BCUT2D eigenvalue weighted by Crippen LogP contribution is 2.32. The predicted molar refractivity (Wildman–Crippen MR) is 80.3 cm³/mol. The Bertz CT molecular complexity index is 625. The fraction of sp³-hybridized carbons (Fsp3) is 0.357. The van der Waals surface area contributed by atoms with Crippen LogP contribution in [0.15, 0.2) is 28.4 Å². The largest absolute Gasteiger partial charge is 0.352 e.